The lowest BCUT2D eigenvalue weighted by Crippen LogP contribution is -2.54. The fourth-order valence-electron chi connectivity index (χ4n) is 4.29. The number of nitrogens with zero attached hydrogens (tertiary/aromatic N) is 1. The number of imide groups is 2. The molecule has 4 aromatic carbocycles. The van der Waals surface area contributed by atoms with Gasteiger partial charge in [0.25, 0.3) is 11.8 Å². The van der Waals surface area contributed by atoms with Gasteiger partial charge >= 0.3 is 6.03 Å². The Hall–Kier alpha value is -4.64. The zero-order valence-electron chi connectivity index (χ0n) is 22.9. The van der Waals surface area contributed by atoms with E-state index in [9.17, 15) is 14.4 Å². The van der Waals surface area contributed by atoms with Gasteiger partial charge in [0.15, 0.2) is 11.5 Å². The summed E-state index contributed by atoms with van der Waals surface area (Å²) in [6.07, 6.45) is 1.43. The number of amides is 4. The van der Waals surface area contributed by atoms with Crippen molar-refractivity contribution < 1.29 is 28.6 Å². The topological polar surface area (TPSA) is 94.2 Å². The van der Waals surface area contributed by atoms with Crippen LogP contribution in [0, 0.1) is 10.5 Å². The minimum atomic E-state index is -0.827. The molecule has 0 saturated carbocycles. The zero-order chi connectivity index (χ0) is 29.6. The second-order valence-electron chi connectivity index (χ2n) is 9.53. The molecule has 1 aliphatic rings. The molecule has 0 aromatic heterocycles. The van der Waals surface area contributed by atoms with Crippen molar-refractivity contribution in [3.63, 3.8) is 0 Å². The molecule has 5 rings (SSSR count). The summed E-state index contributed by atoms with van der Waals surface area (Å²) in [5.41, 5.74) is 3.83. The van der Waals surface area contributed by atoms with Crippen molar-refractivity contribution in [3.8, 4) is 17.2 Å². The van der Waals surface area contributed by atoms with Crippen LogP contribution in [0.25, 0.3) is 6.08 Å². The van der Waals surface area contributed by atoms with Gasteiger partial charge in [0.2, 0.25) is 0 Å². The first-order valence-corrected chi connectivity index (χ1v) is 14.1. The Labute approximate surface area is 257 Å². The van der Waals surface area contributed by atoms with E-state index in [0.29, 0.717) is 41.7 Å². The highest BCUT2D eigenvalue weighted by Gasteiger charge is 2.37. The van der Waals surface area contributed by atoms with Crippen LogP contribution in [0.3, 0.4) is 0 Å². The van der Waals surface area contributed by atoms with Gasteiger partial charge in [-0.2, -0.15) is 0 Å². The van der Waals surface area contributed by atoms with Gasteiger partial charge in [0.05, 0.1) is 16.4 Å². The van der Waals surface area contributed by atoms with Gasteiger partial charge in [-0.25, -0.2) is 9.69 Å². The molecule has 4 aromatic rings. The van der Waals surface area contributed by atoms with E-state index in [1.54, 1.807) is 36.4 Å². The van der Waals surface area contributed by atoms with Crippen molar-refractivity contribution in [3.05, 3.63) is 122 Å². The molecule has 9 heteroatoms. The number of barbiturate groups is 1. The number of nitrogens with one attached hydrogen (secondary N) is 1. The van der Waals surface area contributed by atoms with Gasteiger partial charge < -0.3 is 14.2 Å². The van der Waals surface area contributed by atoms with Crippen molar-refractivity contribution in [1.29, 1.82) is 0 Å². The van der Waals surface area contributed by atoms with Crippen LogP contribution in [-0.4, -0.2) is 25.0 Å². The molecule has 0 unspecified atom stereocenters. The summed E-state index contributed by atoms with van der Waals surface area (Å²) >= 11 is 2.12. The first kappa shape index (κ1) is 28.9. The predicted octanol–water partition coefficient (Wildman–Crippen LogP) is 6.43. The third-order valence-electron chi connectivity index (χ3n) is 6.51. The minimum absolute atomic E-state index is 0.190. The van der Waals surface area contributed by atoms with Gasteiger partial charge in [0, 0.05) is 0 Å². The molecular formula is C33H27IN2O6. The lowest BCUT2D eigenvalue weighted by molar-refractivity contribution is -0.122. The van der Waals surface area contributed by atoms with Crippen LogP contribution in [0.5, 0.6) is 17.2 Å². The summed E-state index contributed by atoms with van der Waals surface area (Å²) in [6.45, 7) is 2.75. The van der Waals surface area contributed by atoms with Crippen LogP contribution in [0.15, 0.2) is 96.6 Å². The number of methoxy groups -OCH3 is 1. The number of rotatable bonds is 9. The summed E-state index contributed by atoms with van der Waals surface area (Å²) in [4.78, 5) is 39.8. The Morgan fingerprint density at radius 2 is 1.50 bits per heavy atom. The van der Waals surface area contributed by atoms with Gasteiger partial charge in [-0.3, -0.25) is 14.9 Å². The average molecular weight is 674 g/mol. The number of ether oxygens (including phenoxy) is 3. The van der Waals surface area contributed by atoms with Gasteiger partial charge in [0.1, 0.15) is 24.5 Å². The van der Waals surface area contributed by atoms with Gasteiger partial charge in [-0.05, 0) is 88.7 Å². The third-order valence-corrected chi connectivity index (χ3v) is 7.31. The van der Waals surface area contributed by atoms with E-state index in [2.05, 4.69) is 27.9 Å². The maximum Gasteiger partial charge on any atom is 0.335 e. The Morgan fingerprint density at radius 3 is 2.19 bits per heavy atom. The normalized spacial score (nSPS) is 14.1. The Bertz CT molecular complexity index is 1650. The van der Waals surface area contributed by atoms with Crippen molar-refractivity contribution in [2.24, 2.45) is 0 Å². The highest BCUT2D eigenvalue weighted by molar-refractivity contribution is 14.1. The molecule has 0 spiro atoms. The molecule has 1 fully saturated rings. The van der Waals surface area contributed by atoms with Crippen LogP contribution < -0.4 is 24.4 Å². The van der Waals surface area contributed by atoms with E-state index < -0.39 is 17.8 Å². The van der Waals surface area contributed by atoms with Crippen molar-refractivity contribution in [2.75, 3.05) is 12.0 Å². The number of urea groups is 1. The monoisotopic (exact) mass is 674 g/mol. The van der Waals surface area contributed by atoms with E-state index in [1.807, 2.05) is 61.5 Å². The number of hydrogen-bond donors (Lipinski definition) is 1. The smallest absolute Gasteiger partial charge is 0.335 e. The van der Waals surface area contributed by atoms with Crippen molar-refractivity contribution in [2.45, 2.75) is 20.1 Å². The van der Waals surface area contributed by atoms with Crippen LogP contribution in [0.4, 0.5) is 10.5 Å². The molecule has 1 heterocycles. The average Bonchev–Trinajstić information content (AvgIpc) is 2.99. The Kier molecular flexibility index (Phi) is 8.87. The van der Waals surface area contributed by atoms with Gasteiger partial charge in [-0.1, -0.05) is 60.2 Å². The minimum Gasteiger partial charge on any atom is -0.493 e. The second-order valence-corrected chi connectivity index (χ2v) is 10.7. The summed E-state index contributed by atoms with van der Waals surface area (Å²) < 4.78 is 18.1. The maximum atomic E-state index is 13.4. The Balaban J connectivity index is 1.34. The molecule has 0 atom stereocenters. The van der Waals surface area contributed by atoms with Crippen LogP contribution >= 0.6 is 22.6 Å². The summed E-state index contributed by atoms with van der Waals surface area (Å²) in [7, 11) is 1.52. The number of carbonyl (C=O) groups is 3. The van der Waals surface area contributed by atoms with Crippen LogP contribution in [0.1, 0.15) is 22.3 Å². The van der Waals surface area contributed by atoms with Crippen LogP contribution in [0.2, 0.25) is 0 Å². The lowest BCUT2D eigenvalue weighted by Gasteiger charge is -2.26. The van der Waals surface area contributed by atoms with E-state index in [1.165, 1.54) is 13.2 Å². The highest BCUT2D eigenvalue weighted by atomic mass is 127. The standard InChI is InChI=1S/C33H27IN2O6/c1-21-8-10-23(11-9-21)20-42-30-28(34)17-24(18-29(30)40-2)16-27-31(37)35-33(39)36(32(27)38)25-12-14-26(15-13-25)41-19-22-6-4-3-5-7-22/h3-18H,19-20H2,1-2H3,(H,35,37,39)/b27-16+. The summed E-state index contributed by atoms with van der Waals surface area (Å²) in [5.74, 6) is 0.0500. The zero-order valence-corrected chi connectivity index (χ0v) is 25.1. The van der Waals surface area contributed by atoms with Crippen molar-refractivity contribution in [1.82, 2.24) is 5.32 Å². The number of hydrogen-bond acceptors (Lipinski definition) is 6. The number of carbonyl (C=O) groups excluding carboxylic acids is 3. The molecule has 0 bridgehead atoms. The fourth-order valence-corrected chi connectivity index (χ4v) is 5.08. The summed E-state index contributed by atoms with van der Waals surface area (Å²) in [5, 5.41) is 2.26. The second kappa shape index (κ2) is 12.9. The molecule has 212 valence electrons. The fraction of sp³-hybridized carbons (Fsp3) is 0.121. The molecule has 0 radical (unpaired) electrons. The van der Waals surface area contributed by atoms with E-state index in [-0.39, 0.29) is 5.57 Å². The van der Waals surface area contributed by atoms with Gasteiger partial charge in [-0.15, -0.1) is 0 Å². The molecular weight excluding hydrogens is 647 g/mol. The van der Waals surface area contributed by atoms with E-state index in [0.717, 1.165) is 25.2 Å². The van der Waals surface area contributed by atoms with Crippen LogP contribution in [-0.2, 0) is 22.8 Å². The quantitative estimate of drug-likeness (QED) is 0.125. The largest absolute Gasteiger partial charge is 0.493 e. The molecule has 8 nitrogen and oxygen atoms in total. The number of anilines is 1. The number of halogens is 1. The van der Waals surface area contributed by atoms with E-state index >= 15 is 0 Å². The maximum absolute atomic E-state index is 13.4. The molecule has 42 heavy (non-hydrogen) atoms. The Morgan fingerprint density at radius 1 is 0.833 bits per heavy atom. The number of aryl methyl sites for hydroxylation is 1. The number of benzene rings is 4. The molecule has 1 aliphatic heterocycles. The highest BCUT2D eigenvalue weighted by Crippen LogP contribution is 2.35. The SMILES string of the molecule is COc1cc(/C=C2\C(=O)NC(=O)N(c3ccc(OCc4ccccc4)cc3)C2=O)cc(I)c1OCc1ccc(C)cc1. The molecule has 4 amide bonds. The van der Waals surface area contributed by atoms with E-state index in [4.69, 9.17) is 14.2 Å². The third kappa shape index (κ3) is 6.63. The molecule has 0 aliphatic carbocycles. The lowest BCUT2D eigenvalue weighted by atomic mass is 10.1. The molecule has 1 saturated heterocycles. The predicted molar refractivity (Wildman–Crippen MR) is 167 cm³/mol. The molecule has 1 N–H and O–H groups in total. The first-order chi connectivity index (χ1) is 20.3. The summed E-state index contributed by atoms with van der Waals surface area (Å²) in [6, 6.07) is 26.9. The van der Waals surface area contributed by atoms with Crippen molar-refractivity contribution >= 4 is 52.2 Å². The first-order valence-electron chi connectivity index (χ1n) is 13.1.